The standard InChI is InChI=1S/C36H28O19/c37-10-22-26(45)28(47)30(49)34(52-22)51-20-4-1-11(5-16(20)41)31-29(48)27(46)24-18(43)9-19(44)25(32(24)53-31)35-33(50)23-17(42)7-13(38)8-21(23)54-36(35,55-35)12-2-3-14(39)15(40)6-12/h1-9,22,26,28,30,34,37-45,47-49H,10H2. The maximum atomic E-state index is 14.6. The Morgan fingerprint density at radius 3 is 2.16 bits per heavy atom. The van der Waals surface area contributed by atoms with Crippen molar-refractivity contribution in [3.63, 3.8) is 0 Å². The smallest absolute Gasteiger partial charge is 0.280 e. The maximum absolute atomic E-state index is 14.6. The number of benzene rings is 4. The number of epoxide rings is 1. The quantitative estimate of drug-likeness (QED) is 0.0833. The molecule has 7 atom stereocenters. The molecule has 4 aromatic carbocycles. The zero-order chi connectivity index (χ0) is 39.5. The van der Waals surface area contributed by atoms with Gasteiger partial charge in [0.15, 0.2) is 34.3 Å². The number of aliphatic hydroxyl groups excluding tert-OH is 4. The van der Waals surface area contributed by atoms with E-state index >= 15 is 0 Å². The van der Waals surface area contributed by atoms with Crippen LogP contribution < -0.4 is 14.9 Å². The number of rotatable bonds is 6. The molecule has 12 N–H and O–H groups in total. The molecule has 3 aliphatic rings. The zero-order valence-corrected chi connectivity index (χ0v) is 27.5. The predicted octanol–water partition coefficient (Wildman–Crippen LogP) is 0.637. The number of hydrogen-bond acceptors (Lipinski definition) is 19. The van der Waals surface area contributed by atoms with Crippen molar-refractivity contribution in [3.8, 4) is 68.8 Å². The molecule has 1 aromatic heterocycles. The number of ketones is 1. The van der Waals surface area contributed by atoms with Crippen LogP contribution in [0.15, 0.2) is 63.8 Å². The van der Waals surface area contributed by atoms with Crippen LogP contribution in [0, 0.1) is 0 Å². The minimum absolute atomic E-state index is 0.161. The van der Waals surface area contributed by atoms with Crippen molar-refractivity contribution in [1.82, 2.24) is 0 Å². The van der Waals surface area contributed by atoms with Crippen LogP contribution >= 0.6 is 0 Å². The van der Waals surface area contributed by atoms with Gasteiger partial charge in [0.2, 0.25) is 28.9 Å². The molecule has 0 saturated carbocycles. The molecule has 4 heterocycles. The van der Waals surface area contributed by atoms with Crippen molar-refractivity contribution in [1.29, 1.82) is 0 Å². The molecule has 0 amide bonds. The summed E-state index contributed by atoms with van der Waals surface area (Å²) < 4.78 is 28.9. The monoisotopic (exact) mass is 764 g/mol. The number of phenolic OH excluding ortho intramolecular Hbond substituents is 7. The highest BCUT2D eigenvalue weighted by atomic mass is 16.8. The summed E-state index contributed by atoms with van der Waals surface area (Å²) in [5.74, 6) is -11.3. The number of carbonyl (C=O) groups excluding carboxylic acids is 1. The lowest BCUT2D eigenvalue weighted by molar-refractivity contribution is -0.277. The lowest BCUT2D eigenvalue weighted by Crippen LogP contribution is -2.60. The molecule has 19 nitrogen and oxygen atoms in total. The first-order valence-electron chi connectivity index (χ1n) is 16.1. The first-order chi connectivity index (χ1) is 26.0. The number of phenols is 7. The van der Waals surface area contributed by atoms with Gasteiger partial charge in [0.05, 0.1) is 12.2 Å². The second kappa shape index (κ2) is 12.0. The van der Waals surface area contributed by atoms with Gasteiger partial charge < -0.3 is 84.6 Å². The van der Waals surface area contributed by atoms with Crippen LogP contribution in [-0.2, 0) is 20.9 Å². The van der Waals surface area contributed by atoms with E-state index in [0.717, 1.165) is 42.5 Å². The van der Waals surface area contributed by atoms with E-state index in [4.69, 9.17) is 23.4 Å². The summed E-state index contributed by atoms with van der Waals surface area (Å²) in [6.07, 6.45) is -8.38. The topological polar surface area (TPSA) is 330 Å². The Morgan fingerprint density at radius 1 is 0.727 bits per heavy atom. The molecule has 0 aliphatic carbocycles. The third-order valence-corrected chi connectivity index (χ3v) is 9.71. The Hall–Kier alpha value is -6.48. The summed E-state index contributed by atoms with van der Waals surface area (Å²) in [5, 5.41) is 125. The lowest BCUT2D eigenvalue weighted by atomic mass is 9.79. The van der Waals surface area contributed by atoms with Gasteiger partial charge in [-0.3, -0.25) is 9.59 Å². The Bertz CT molecular complexity index is 2510. The molecule has 0 spiro atoms. The third kappa shape index (κ3) is 4.92. The van der Waals surface area contributed by atoms with Gasteiger partial charge in [-0.15, -0.1) is 0 Å². The highest BCUT2D eigenvalue weighted by Gasteiger charge is 2.83. The van der Waals surface area contributed by atoms with Gasteiger partial charge in [0.1, 0.15) is 64.1 Å². The fourth-order valence-electron chi connectivity index (χ4n) is 6.99. The number of aromatic hydroxyl groups is 8. The summed E-state index contributed by atoms with van der Waals surface area (Å²) >= 11 is 0. The molecule has 8 rings (SSSR count). The van der Waals surface area contributed by atoms with Crippen LogP contribution in [0.3, 0.4) is 0 Å². The summed E-state index contributed by atoms with van der Waals surface area (Å²) in [6.45, 7) is -0.761. The van der Waals surface area contributed by atoms with Crippen molar-refractivity contribution in [2.75, 3.05) is 6.61 Å². The van der Waals surface area contributed by atoms with Crippen molar-refractivity contribution < 1.29 is 89.4 Å². The summed E-state index contributed by atoms with van der Waals surface area (Å²) in [4.78, 5) is 28.3. The summed E-state index contributed by atoms with van der Waals surface area (Å²) in [5.41, 5.74) is -6.33. The van der Waals surface area contributed by atoms with E-state index < -0.39 is 145 Å². The fraction of sp³-hybridized carbons (Fsp3) is 0.222. The molecule has 19 heteroatoms. The first-order valence-corrected chi connectivity index (χ1v) is 16.1. The van der Waals surface area contributed by atoms with E-state index in [-0.39, 0.29) is 11.1 Å². The lowest BCUT2D eigenvalue weighted by Gasteiger charge is -2.39. The largest absolute Gasteiger partial charge is 0.508 e. The van der Waals surface area contributed by atoms with Crippen molar-refractivity contribution in [2.24, 2.45) is 0 Å². The number of aliphatic hydroxyl groups is 4. The molecule has 0 radical (unpaired) electrons. The maximum Gasteiger partial charge on any atom is 0.280 e. The molecule has 3 aliphatic heterocycles. The number of fused-ring (bicyclic) bond motifs is 3. The average Bonchev–Trinajstić information content (AvgIpc) is 3.82. The van der Waals surface area contributed by atoms with Crippen molar-refractivity contribution >= 4 is 16.8 Å². The van der Waals surface area contributed by atoms with Gasteiger partial charge in [-0.2, -0.15) is 0 Å². The highest BCUT2D eigenvalue weighted by molar-refractivity contribution is 6.13. The number of ether oxygens (including phenoxy) is 4. The highest BCUT2D eigenvalue weighted by Crippen LogP contribution is 2.70. The minimum atomic E-state index is -2.61. The van der Waals surface area contributed by atoms with E-state index in [1.54, 1.807) is 0 Å². The van der Waals surface area contributed by atoms with E-state index in [1.807, 2.05) is 0 Å². The second-order valence-electron chi connectivity index (χ2n) is 13.0. The van der Waals surface area contributed by atoms with Crippen LogP contribution in [0.4, 0.5) is 0 Å². The number of hydrogen-bond donors (Lipinski definition) is 12. The Balaban J connectivity index is 1.30. The molecule has 0 bridgehead atoms. The van der Waals surface area contributed by atoms with Gasteiger partial charge >= 0.3 is 0 Å². The summed E-state index contributed by atoms with van der Waals surface area (Å²) in [6, 6.07) is 8.73. The molecular weight excluding hydrogens is 736 g/mol. The molecule has 2 fully saturated rings. The predicted molar refractivity (Wildman–Crippen MR) is 178 cm³/mol. The second-order valence-corrected chi connectivity index (χ2v) is 13.0. The van der Waals surface area contributed by atoms with Crippen LogP contribution in [-0.4, -0.2) is 104 Å². The number of carbonyl (C=O) groups is 1. The molecule has 5 aromatic rings. The Morgan fingerprint density at radius 2 is 1.47 bits per heavy atom. The zero-order valence-electron chi connectivity index (χ0n) is 27.5. The molecule has 55 heavy (non-hydrogen) atoms. The van der Waals surface area contributed by atoms with Crippen LogP contribution in [0.5, 0.6) is 57.5 Å². The van der Waals surface area contributed by atoms with Crippen LogP contribution in [0.2, 0.25) is 0 Å². The van der Waals surface area contributed by atoms with Gasteiger partial charge in [-0.25, -0.2) is 0 Å². The third-order valence-electron chi connectivity index (χ3n) is 9.71. The Labute approximate surface area is 305 Å². The van der Waals surface area contributed by atoms with E-state index in [0.29, 0.717) is 6.07 Å². The normalized spacial score (nSPS) is 26.9. The minimum Gasteiger partial charge on any atom is -0.508 e. The molecule has 286 valence electrons. The molecule has 2 saturated heterocycles. The first kappa shape index (κ1) is 35.5. The van der Waals surface area contributed by atoms with Gasteiger partial charge in [-0.1, -0.05) is 0 Å². The molecular formula is C36H28O19. The summed E-state index contributed by atoms with van der Waals surface area (Å²) in [7, 11) is 0. The van der Waals surface area contributed by atoms with E-state index in [1.165, 1.54) is 6.07 Å². The average molecular weight is 765 g/mol. The van der Waals surface area contributed by atoms with Crippen molar-refractivity contribution in [3.05, 3.63) is 81.5 Å². The Kier molecular flexibility index (Phi) is 7.76. The van der Waals surface area contributed by atoms with Gasteiger partial charge in [0, 0.05) is 29.3 Å². The van der Waals surface area contributed by atoms with Crippen LogP contribution in [0.25, 0.3) is 22.3 Å². The SMILES string of the molecule is O=C1c2c(O)cc(O)cc2OC2(c3ccc(O)c(O)c3)OC12c1c(O)cc(O)c2c(=O)c(O)c(-c3ccc(OC4OC(CO)C(O)C(O)C4O)c(O)c3)oc12. The van der Waals surface area contributed by atoms with Crippen LogP contribution in [0.1, 0.15) is 21.5 Å². The van der Waals surface area contributed by atoms with Crippen molar-refractivity contribution in [2.45, 2.75) is 42.1 Å². The molecule has 7 unspecified atom stereocenters. The van der Waals surface area contributed by atoms with Gasteiger partial charge in [0.25, 0.3) is 5.79 Å². The fourth-order valence-corrected chi connectivity index (χ4v) is 6.99. The van der Waals surface area contributed by atoms with E-state index in [9.17, 15) is 70.9 Å². The van der Waals surface area contributed by atoms with Gasteiger partial charge in [-0.05, 0) is 36.4 Å². The number of Topliss-reactive ketones (excluding diaryl/α,β-unsaturated/α-hetero) is 1. The van der Waals surface area contributed by atoms with E-state index in [2.05, 4.69) is 0 Å².